The Balaban J connectivity index is 2.28. The SMILES string of the molecule is NC(=O)C[C@H]1CCCc2cc(CO)ccc21. The van der Waals surface area contributed by atoms with Crippen molar-refractivity contribution in [1.29, 1.82) is 0 Å². The largest absolute Gasteiger partial charge is 0.392 e. The second-order valence-corrected chi connectivity index (χ2v) is 4.45. The summed E-state index contributed by atoms with van der Waals surface area (Å²) in [6.45, 7) is 0.0771. The van der Waals surface area contributed by atoms with E-state index in [0.717, 1.165) is 24.8 Å². The predicted octanol–water partition coefficient (Wildman–Crippen LogP) is 1.47. The number of aliphatic hydroxyl groups excluding tert-OH is 1. The van der Waals surface area contributed by atoms with E-state index in [2.05, 4.69) is 0 Å². The number of rotatable bonds is 3. The van der Waals surface area contributed by atoms with E-state index in [1.807, 2.05) is 18.2 Å². The molecule has 1 amide bonds. The topological polar surface area (TPSA) is 63.3 Å². The monoisotopic (exact) mass is 219 g/mol. The first-order valence-electron chi connectivity index (χ1n) is 5.71. The Hall–Kier alpha value is -1.35. The lowest BCUT2D eigenvalue weighted by molar-refractivity contribution is -0.118. The van der Waals surface area contributed by atoms with Crippen molar-refractivity contribution in [3.8, 4) is 0 Å². The van der Waals surface area contributed by atoms with Crippen LogP contribution in [0.4, 0.5) is 0 Å². The average molecular weight is 219 g/mol. The molecule has 2 rings (SSSR count). The number of aliphatic hydroxyl groups is 1. The second-order valence-electron chi connectivity index (χ2n) is 4.45. The van der Waals surface area contributed by atoms with Gasteiger partial charge >= 0.3 is 0 Å². The normalized spacial score (nSPS) is 19.2. The summed E-state index contributed by atoms with van der Waals surface area (Å²) in [5, 5.41) is 9.08. The molecule has 86 valence electrons. The van der Waals surface area contributed by atoms with E-state index in [4.69, 9.17) is 10.8 Å². The van der Waals surface area contributed by atoms with Crippen molar-refractivity contribution < 1.29 is 9.90 Å². The van der Waals surface area contributed by atoms with Crippen molar-refractivity contribution in [3.05, 3.63) is 34.9 Å². The molecular weight excluding hydrogens is 202 g/mol. The van der Waals surface area contributed by atoms with Crippen LogP contribution in [-0.2, 0) is 17.8 Å². The molecule has 0 radical (unpaired) electrons. The van der Waals surface area contributed by atoms with Crippen molar-refractivity contribution in [2.24, 2.45) is 5.73 Å². The van der Waals surface area contributed by atoms with Crippen LogP contribution < -0.4 is 5.73 Å². The molecule has 3 N–H and O–H groups in total. The summed E-state index contributed by atoms with van der Waals surface area (Å²) in [4.78, 5) is 11.0. The number of fused-ring (bicyclic) bond motifs is 1. The van der Waals surface area contributed by atoms with Crippen LogP contribution in [0.1, 0.15) is 41.9 Å². The Morgan fingerprint density at radius 1 is 1.50 bits per heavy atom. The molecule has 3 nitrogen and oxygen atoms in total. The lowest BCUT2D eigenvalue weighted by Crippen LogP contribution is -2.18. The molecular formula is C13H17NO2. The summed E-state index contributed by atoms with van der Waals surface area (Å²) in [7, 11) is 0. The standard InChI is InChI=1S/C13H17NO2/c14-13(16)7-11-3-1-2-10-6-9(8-15)4-5-12(10)11/h4-6,11,15H,1-3,7-8H2,(H2,14,16)/t11-/m1/s1. The summed E-state index contributed by atoms with van der Waals surface area (Å²) in [5.74, 6) is 0.0399. The van der Waals surface area contributed by atoms with Crippen LogP contribution in [0.5, 0.6) is 0 Å². The van der Waals surface area contributed by atoms with E-state index < -0.39 is 0 Å². The lowest BCUT2D eigenvalue weighted by Gasteiger charge is -2.25. The smallest absolute Gasteiger partial charge is 0.218 e. The highest BCUT2D eigenvalue weighted by Gasteiger charge is 2.21. The van der Waals surface area contributed by atoms with E-state index in [-0.39, 0.29) is 18.4 Å². The van der Waals surface area contributed by atoms with Gasteiger partial charge in [0.15, 0.2) is 0 Å². The average Bonchev–Trinajstić information content (AvgIpc) is 2.28. The third-order valence-electron chi connectivity index (χ3n) is 3.28. The van der Waals surface area contributed by atoms with Crippen LogP contribution in [0.3, 0.4) is 0 Å². The molecule has 0 heterocycles. The molecule has 0 fully saturated rings. The van der Waals surface area contributed by atoms with E-state index in [1.165, 1.54) is 11.1 Å². The van der Waals surface area contributed by atoms with Gasteiger partial charge in [-0.15, -0.1) is 0 Å². The van der Waals surface area contributed by atoms with Gasteiger partial charge in [-0.25, -0.2) is 0 Å². The van der Waals surface area contributed by atoms with Crippen LogP contribution in [-0.4, -0.2) is 11.0 Å². The van der Waals surface area contributed by atoms with Crippen molar-refractivity contribution in [2.75, 3.05) is 0 Å². The number of carbonyl (C=O) groups is 1. The van der Waals surface area contributed by atoms with Crippen molar-refractivity contribution in [1.82, 2.24) is 0 Å². The van der Waals surface area contributed by atoms with Gasteiger partial charge in [-0.3, -0.25) is 4.79 Å². The van der Waals surface area contributed by atoms with Crippen LogP contribution in [0.25, 0.3) is 0 Å². The first-order valence-corrected chi connectivity index (χ1v) is 5.71. The number of amides is 1. The van der Waals surface area contributed by atoms with E-state index in [0.29, 0.717) is 6.42 Å². The summed E-state index contributed by atoms with van der Waals surface area (Å²) in [6, 6.07) is 6.01. The molecule has 0 spiro atoms. The van der Waals surface area contributed by atoms with Gasteiger partial charge < -0.3 is 10.8 Å². The fraction of sp³-hybridized carbons (Fsp3) is 0.462. The molecule has 1 aromatic carbocycles. The van der Waals surface area contributed by atoms with Crippen molar-refractivity contribution in [2.45, 2.75) is 38.2 Å². The third-order valence-corrected chi connectivity index (χ3v) is 3.28. The Morgan fingerprint density at radius 2 is 2.31 bits per heavy atom. The molecule has 16 heavy (non-hydrogen) atoms. The van der Waals surface area contributed by atoms with Gasteiger partial charge in [0.2, 0.25) is 5.91 Å². The minimum atomic E-state index is -0.232. The summed E-state index contributed by atoms with van der Waals surface area (Å²) in [5.41, 5.74) is 8.71. The summed E-state index contributed by atoms with van der Waals surface area (Å²) >= 11 is 0. The molecule has 0 aliphatic heterocycles. The van der Waals surface area contributed by atoms with Crippen LogP contribution in [0.15, 0.2) is 18.2 Å². The Bertz CT molecular complexity index is 401. The summed E-state index contributed by atoms with van der Waals surface area (Å²) in [6.07, 6.45) is 3.61. The van der Waals surface area contributed by atoms with Gasteiger partial charge in [-0.2, -0.15) is 0 Å². The highest BCUT2D eigenvalue weighted by Crippen LogP contribution is 2.34. The van der Waals surface area contributed by atoms with Gasteiger partial charge in [-0.05, 0) is 41.9 Å². The van der Waals surface area contributed by atoms with E-state index in [9.17, 15) is 4.79 Å². The van der Waals surface area contributed by atoms with Crippen LogP contribution >= 0.6 is 0 Å². The quantitative estimate of drug-likeness (QED) is 0.808. The molecule has 0 saturated heterocycles. The van der Waals surface area contributed by atoms with Crippen molar-refractivity contribution in [3.63, 3.8) is 0 Å². The number of hydrogen-bond acceptors (Lipinski definition) is 2. The molecule has 1 aliphatic carbocycles. The fourth-order valence-electron chi connectivity index (χ4n) is 2.52. The number of nitrogens with two attached hydrogens (primary N) is 1. The van der Waals surface area contributed by atoms with Crippen LogP contribution in [0.2, 0.25) is 0 Å². The fourth-order valence-corrected chi connectivity index (χ4v) is 2.52. The maximum absolute atomic E-state index is 11.0. The molecule has 0 unspecified atom stereocenters. The maximum Gasteiger partial charge on any atom is 0.218 e. The third kappa shape index (κ3) is 2.25. The first kappa shape index (κ1) is 11.1. The number of primary amides is 1. The molecule has 0 saturated carbocycles. The van der Waals surface area contributed by atoms with Gasteiger partial charge in [0.1, 0.15) is 0 Å². The van der Waals surface area contributed by atoms with E-state index >= 15 is 0 Å². The zero-order valence-corrected chi connectivity index (χ0v) is 9.28. The maximum atomic E-state index is 11.0. The first-order chi connectivity index (χ1) is 7.70. The van der Waals surface area contributed by atoms with E-state index in [1.54, 1.807) is 0 Å². The second kappa shape index (κ2) is 4.66. The zero-order valence-electron chi connectivity index (χ0n) is 9.28. The number of benzene rings is 1. The molecule has 0 aromatic heterocycles. The Kier molecular flexibility index (Phi) is 3.25. The predicted molar refractivity (Wildman–Crippen MR) is 61.9 cm³/mol. The number of hydrogen-bond donors (Lipinski definition) is 2. The van der Waals surface area contributed by atoms with Crippen molar-refractivity contribution >= 4 is 5.91 Å². The molecule has 3 heteroatoms. The lowest BCUT2D eigenvalue weighted by atomic mass is 9.80. The molecule has 0 bridgehead atoms. The minimum absolute atomic E-state index is 0.0771. The summed E-state index contributed by atoms with van der Waals surface area (Å²) < 4.78 is 0. The highest BCUT2D eigenvalue weighted by atomic mass is 16.3. The van der Waals surface area contributed by atoms with Gasteiger partial charge in [0.25, 0.3) is 0 Å². The minimum Gasteiger partial charge on any atom is -0.392 e. The number of aryl methyl sites for hydroxylation is 1. The molecule has 1 aliphatic rings. The Morgan fingerprint density at radius 3 is 3.00 bits per heavy atom. The van der Waals surface area contributed by atoms with Gasteiger partial charge in [-0.1, -0.05) is 18.2 Å². The van der Waals surface area contributed by atoms with Gasteiger partial charge in [0, 0.05) is 6.42 Å². The zero-order chi connectivity index (χ0) is 11.5. The number of carbonyl (C=O) groups excluding carboxylic acids is 1. The van der Waals surface area contributed by atoms with Gasteiger partial charge in [0.05, 0.1) is 6.61 Å². The Labute approximate surface area is 95.3 Å². The van der Waals surface area contributed by atoms with Crippen LogP contribution in [0, 0.1) is 0 Å². The molecule has 1 atom stereocenters. The molecule has 1 aromatic rings. The highest BCUT2D eigenvalue weighted by molar-refractivity contribution is 5.75.